The number of phenols is 2. The van der Waals surface area contributed by atoms with Gasteiger partial charge in [0.25, 0.3) is 0 Å². The average Bonchev–Trinajstić information content (AvgIpc) is 3.91. The number of furan rings is 2. The maximum absolute atomic E-state index is 10.9. The fourth-order valence-corrected chi connectivity index (χ4v) is 7.10. The van der Waals surface area contributed by atoms with E-state index in [4.69, 9.17) is 40.7 Å². The normalized spacial score (nSPS) is 11.7. The van der Waals surface area contributed by atoms with Crippen LogP contribution in [0.5, 0.6) is 11.5 Å². The van der Waals surface area contributed by atoms with Gasteiger partial charge in [-0.15, -0.1) is 0 Å². The maximum Gasteiger partial charge on any atom is 0.307 e. The van der Waals surface area contributed by atoms with E-state index in [0.29, 0.717) is 28.9 Å². The number of fused-ring (bicyclic) bond motifs is 2. The van der Waals surface area contributed by atoms with Crippen LogP contribution in [0.4, 0.5) is 0 Å². The van der Waals surface area contributed by atoms with Crippen molar-refractivity contribution < 1.29 is 58.6 Å². The molecule has 356 valence electrons. The number of carbonyl (C=O) groups is 3. The molecule has 0 saturated carbocycles. The van der Waals surface area contributed by atoms with E-state index in [-0.39, 0.29) is 42.4 Å². The highest BCUT2D eigenvalue weighted by Gasteiger charge is 2.36. The summed E-state index contributed by atoms with van der Waals surface area (Å²) in [5, 5.41) is 58.8. The monoisotopic (exact) mass is 926 g/mol. The van der Waals surface area contributed by atoms with Gasteiger partial charge in [-0.1, -0.05) is 121 Å². The number of esters is 1. The highest BCUT2D eigenvalue weighted by molar-refractivity contribution is 5.87. The number of hydrogen-bond donors (Lipinski definition) is 8. The Morgan fingerprint density at radius 2 is 0.838 bits per heavy atom. The Hall–Kier alpha value is -7.75. The molecule has 0 spiro atoms. The molecule has 2 atom stereocenters. The number of hydrogen-bond acceptors (Lipinski definition) is 12. The fourth-order valence-electron chi connectivity index (χ4n) is 7.10. The molecule has 14 heteroatoms. The quantitative estimate of drug-likeness (QED) is 0.0565. The highest BCUT2D eigenvalue weighted by Crippen LogP contribution is 2.33. The summed E-state index contributed by atoms with van der Waals surface area (Å²) in [4.78, 5) is 30.8. The molecular weight excluding hydrogens is 869 g/mol. The molecule has 8 aromatic rings. The molecule has 0 aliphatic carbocycles. The van der Waals surface area contributed by atoms with Gasteiger partial charge in [-0.25, -0.2) is 0 Å². The SMILES string of the molecule is CCOC(C)=O.C[C@H](N)C(O)(c1ccccc1)c1ccccc1.C[C@H](N)C(O)(c1ccccc1)c1ccccc1.O=C(O)Cc1coc2cc(O)ccc12.O=C(O)Cc1coc2cc(O)ccc12. The number of phenolic OH excluding ortho intramolecular Hbond substituents is 2. The second kappa shape index (κ2) is 25.2. The van der Waals surface area contributed by atoms with E-state index in [1.54, 1.807) is 19.1 Å². The minimum absolute atomic E-state index is 0.0717. The number of carboxylic acid groups (broad SMARTS) is 2. The van der Waals surface area contributed by atoms with Crippen LogP contribution in [-0.2, 0) is 43.2 Å². The zero-order chi connectivity index (χ0) is 49.9. The van der Waals surface area contributed by atoms with E-state index in [0.717, 1.165) is 33.0 Å². The van der Waals surface area contributed by atoms with E-state index >= 15 is 0 Å². The van der Waals surface area contributed by atoms with Crippen LogP contribution in [0.3, 0.4) is 0 Å². The first-order chi connectivity index (χ1) is 32.4. The minimum atomic E-state index is -1.14. The topological polar surface area (TPSA) is 260 Å². The summed E-state index contributed by atoms with van der Waals surface area (Å²) in [6.45, 7) is 7.29. The number of carbonyl (C=O) groups excluding carboxylic acids is 1. The molecule has 8 rings (SSSR count). The number of benzene rings is 6. The van der Waals surface area contributed by atoms with E-state index < -0.39 is 23.1 Å². The average molecular weight is 927 g/mol. The van der Waals surface area contributed by atoms with Gasteiger partial charge in [0, 0.05) is 53.0 Å². The Balaban J connectivity index is 0.000000191. The number of aliphatic hydroxyl groups is 2. The number of rotatable bonds is 11. The summed E-state index contributed by atoms with van der Waals surface area (Å²) in [7, 11) is 0. The van der Waals surface area contributed by atoms with Crippen LogP contribution in [0.2, 0.25) is 0 Å². The summed E-state index contributed by atoms with van der Waals surface area (Å²) in [6, 6.07) is 46.6. The zero-order valence-corrected chi connectivity index (χ0v) is 38.2. The third-order valence-electron chi connectivity index (χ3n) is 10.5. The van der Waals surface area contributed by atoms with Gasteiger partial charge in [0.2, 0.25) is 0 Å². The van der Waals surface area contributed by atoms with Gasteiger partial charge in [-0.05, 0) is 67.3 Å². The van der Waals surface area contributed by atoms with E-state index in [2.05, 4.69) is 4.74 Å². The Labute approximate surface area is 394 Å². The van der Waals surface area contributed by atoms with Gasteiger partial charge in [0.15, 0.2) is 0 Å². The van der Waals surface area contributed by atoms with Gasteiger partial charge in [-0.2, -0.15) is 0 Å². The standard InChI is InChI=1S/2C15H17NO.2C10H8O4.C4H8O2/c2*1-12(16)15(17,13-8-4-2-5-9-13)14-10-6-3-7-11-14;2*11-7-1-2-8-6(3-10(12)13)5-14-9(8)4-7;1-3-6-4(2)5/h2*2-12,17H,16H2,1H3;2*1-2,4-5,11H,3H2,(H,12,13);3H2,1-2H3/t2*12-;;;/m00.../s1. The van der Waals surface area contributed by atoms with Crippen molar-refractivity contribution >= 4 is 39.8 Å². The Morgan fingerprint density at radius 3 is 1.06 bits per heavy atom. The molecule has 0 aliphatic heterocycles. The molecule has 0 aliphatic rings. The summed E-state index contributed by atoms with van der Waals surface area (Å²) in [5.74, 6) is -1.80. The first-order valence-corrected chi connectivity index (χ1v) is 21.5. The van der Waals surface area contributed by atoms with Crippen molar-refractivity contribution in [3.63, 3.8) is 0 Å². The molecule has 0 bridgehead atoms. The van der Waals surface area contributed by atoms with Crippen LogP contribution in [0.25, 0.3) is 21.9 Å². The molecule has 0 amide bonds. The van der Waals surface area contributed by atoms with Crippen LogP contribution < -0.4 is 11.5 Å². The fraction of sp³-hybridized carbons (Fsp3) is 0.204. The number of aromatic hydroxyl groups is 2. The van der Waals surface area contributed by atoms with Crippen molar-refractivity contribution in [3.8, 4) is 11.5 Å². The predicted molar refractivity (Wildman–Crippen MR) is 260 cm³/mol. The molecule has 6 aromatic carbocycles. The summed E-state index contributed by atoms with van der Waals surface area (Å²) in [6.07, 6.45) is 2.66. The predicted octanol–water partition coefficient (Wildman–Crippen LogP) is 8.64. The van der Waals surface area contributed by atoms with Crippen LogP contribution in [0.15, 0.2) is 179 Å². The van der Waals surface area contributed by atoms with Gasteiger partial charge in [-0.3, -0.25) is 14.4 Å². The summed E-state index contributed by atoms with van der Waals surface area (Å²) >= 11 is 0. The van der Waals surface area contributed by atoms with Crippen LogP contribution in [0, 0.1) is 0 Å². The van der Waals surface area contributed by atoms with Crippen LogP contribution in [0.1, 0.15) is 61.1 Å². The van der Waals surface area contributed by atoms with Crippen LogP contribution >= 0.6 is 0 Å². The van der Waals surface area contributed by atoms with Crippen molar-refractivity contribution in [2.45, 2.75) is 63.8 Å². The largest absolute Gasteiger partial charge is 0.508 e. The minimum Gasteiger partial charge on any atom is -0.508 e. The van der Waals surface area contributed by atoms with Crippen molar-refractivity contribution in [2.24, 2.45) is 11.5 Å². The summed E-state index contributed by atoms with van der Waals surface area (Å²) in [5.41, 5.74) is 15.2. The smallest absolute Gasteiger partial charge is 0.307 e. The third kappa shape index (κ3) is 14.4. The number of carboxylic acids is 2. The number of aliphatic carboxylic acids is 2. The molecule has 68 heavy (non-hydrogen) atoms. The Kier molecular flexibility index (Phi) is 19.6. The molecule has 0 fully saturated rings. The van der Waals surface area contributed by atoms with Gasteiger partial charge in [0.05, 0.1) is 32.0 Å². The van der Waals surface area contributed by atoms with Crippen LogP contribution in [-0.4, -0.2) is 67.2 Å². The molecule has 2 aromatic heterocycles. The lowest BCUT2D eigenvalue weighted by Crippen LogP contribution is -2.44. The first-order valence-electron chi connectivity index (χ1n) is 21.5. The highest BCUT2D eigenvalue weighted by atomic mass is 16.5. The molecule has 10 N–H and O–H groups in total. The zero-order valence-electron chi connectivity index (χ0n) is 38.2. The van der Waals surface area contributed by atoms with Gasteiger partial charge >= 0.3 is 17.9 Å². The molecule has 0 saturated heterocycles. The Morgan fingerprint density at radius 1 is 0.544 bits per heavy atom. The maximum atomic E-state index is 10.9. The van der Waals surface area contributed by atoms with Crippen molar-refractivity contribution in [3.05, 3.63) is 204 Å². The van der Waals surface area contributed by atoms with Gasteiger partial charge < -0.3 is 55.7 Å². The summed E-state index contributed by atoms with van der Waals surface area (Å²) < 4.78 is 14.6. The molecule has 14 nitrogen and oxygen atoms in total. The first kappa shape index (κ1) is 52.9. The lowest BCUT2D eigenvalue weighted by atomic mass is 9.81. The van der Waals surface area contributed by atoms with Gasteiger partial charge in [0.1, 0.15) is 33.9 Å². The molecule has 2 heterocycles. The second-order valence-corrected chi connectivity index (χ2v) is 15.5. The second-order valence-electron chi connectivity index (χ2n) is 15.5. The number of nitrogens with two attached hydrogens (primary N) is 2. The molecule has 0 radical (unpaired) electrons. The number of ether oxygens (including phenoxy) is 1. The van der Waals surface area contributed by atoms with E-state index in [9.17, 15) is 24.6 Å². The molecular formula is C54H58N2O12. The molecule has 0 unspecified atom stereocenters. The third-order valence-corrected chi connectivity index (χ3v) is 10.5. The Bertz CT molecular complexity index is 2530. The van der Waals surface area contributed by atoms with Crippen molar-refractivity contribution in [1.82, 2.24) is 0 Å². The lowest BCUT2D eigenvalue weighted by Gasteiger charge is -2.33. The van der Waals surface area contributed by atoms with E-state index in [1.165, 1.54) is 43.7 Å². The lowest BCUT2D eigenvalue weighted by molar-refractivity contribution is -0.140. The van der Waals surface area contributed by atoms with Crippen molar-refractivity contribution in [2.75, 3.05) is 6.61 Å². The van der Waals surface area contributed by atoms with Crippen molar-refractivity contribution in [1.29, 1.82) is 0 Å². The van der Waals surface area contributed by atoms with E-state index in [1.807, 2.05) is 135 Å².